The van der Waals surface area contributed by atoms with Gasteiger partial charge < -0.3 is 13.6 Å². The van der Waals surface area contributed by atoms with Gasteiger partial charge in [0.2, 0.25) is 0 Å². The Morgan fingerprint density at radius 1 is 0.304 bits per heavy atom. The second-order valence-electron chi connectivity index (χ2n) is 17.5. The maximum atomic E-state index is 7.13. The number of para-hydroxylation sites is 4. The number of rotatable bonds is 7. The first-order valence-corrected chi connectivity index (χ1v) is 23.3. The van der Waals surface area contributed by atoms with Gasteiger partial charge in [-0.1, -0.05) is 188 Å². The van der Waals surface area contributed by atoms with Crippen molar-refractivity contribution in [1.82, 2.24) is 24.1 Å². The average molecular weight is 882 g/mol. The van der Waals surface area contributed by atoms with Crippen LogP contribution >= 0.6 is 0 Å². The van der Waals surface area contributed by atoms with E-state index < -0.39 is 0 Å². The van der Waals surface area contributed by atoms with Crippen LogP contribution in [0.1, 0.15) is 0 Å². The molecule has 0 saturated carbocycles. The van der Waals surface area contributed by atoms with Gasteiger partial charge in [0, 0.05) is 49.3 Å². The standard InChI is InChI=1S/C63H39N5O/c1-4-16-40(17-5-1)42-30-34-44(35-31-42)61-64-62(45-36-32-43(33-37-45)41-18-6-2-7-19-41)66-63(65-61)52-25-14-24-49-50-38-39-51-57-55(68-53-26-12-10-22-47(53)48-23-11-13-27-54(48)68)28-15-29-56(57)69-60(51)59(50)67(58(49)52)46-20-8-3-9-21-46/h1-39H. The lowest BCUT2D eigenvalue weighted by Crippen LogP contribution is -2.02. The van der Waals surface area contributed by atoms with Crippen molar-refractivity contribution in [3.05, 3.63) is 237 Å². The molecule has 4 heterocycles. The van der Waals surface area contributed by atoms with Crippen molar-refractivity contribution < 1.29 is 4.42 Å². The molecule has 0 bridgehead atoms. The van der Waals surface area contributed by atoms with Crippen molar-refractivity contribution in [2.75, 3.05) is 0 Å². The number of benzene rings is 10. The van der Waals surface area contributed by atoms with E-state index in [-0.39, 0.29) is 0 Å². The highest BCUT2D eigenvalue weighted by molar-refractivity contribution is 6.24. The number of furan rings is 1. The number of fused-ring (bicyclic) bond motifs is 10. The van der Waals surface area contributed by atoms with Crippen LogP contribution in [0.15, 0.2) is 241 Å². The van der Waals surface area contributed by atoms with Gasteiger partial charge in [-0.15, -0.1) is 0 Å². The number of hydrogen-bond acceptors (Lipinski definition) is 4. The van der Waals surface area contributed by atoms with E-state index >= 15 is 0 Å². The molecule has 0 saturated heterocycles. The van der Waals surface area contributed by atoms with Crippen molar-refractivity contribution in [2.45, 2.75) is 0 Å². The molecule has 14 aromatic rings. The third kappa shape index (κ3) is 6.23. The highest BCUT2D eigenvalue weighted by Crippen LogP contribution is 2.45. The summed E-state index contributed by atoms with van der Waals surface area (Å²) in [6.45, 7) is 0. The minimum Gasteiger partial charge on any atom is -0.454 e. The Morgan fingerprint density at radius 2 is 0.768 bits per heavy atom. The molecular weight excluding hydrogens is 843 g/mol. The van der Waals surface area contributed by atoms with Crippen molar-refractivity contribution in [2.24, 2.45) is 0 Å². The van der Waals surface area contributed by atoms with Crippen LogP contribution in [-0.4, -0.2) is 24.1 Å². The Hall–Kier alpha value is -9.39. The van der Waals surface area contributed by atoms with Crippen LogP contribution in [0.5, 0.6) is 0 Å². The minimum absolute atomic E-state index is 0.578. The van der Waals surface area contributed by atoms with Crippen LogP contribution in [0.3, 0.4) is 0 Å². The Labute approximate surface area is 396 Å². The number of nitrogens with zero attached hydrogens (tertiary/aromatic N) is 5. The third-order valence-electron chi connectivity index (χ3n) is 13.6. The molecule has 0 amide bonds. The molecule has 69 heavy (non-hydrogen) atoms. The average Bonchev–Trinajstić information content (AvgIpc) is 4.10. The lowest BCUT2D eigenvalue weighted by Gasteiger charge is -2.13. The molecule has 10 aromatic carbocycles. The second kappa shape index (κ2) is 15.6. The highest BCUT2D eigenvalue weighted by atomic mass is 16.3. The predicted octanol–water partition coefficient (Wildman–Crippen LogP) is 16.3. The fourth-order valence-electron chi connectivity index (χ4n) is 10.4. The minimum atomic E-state index is 0.578. The first-order valence-electron chi connectivity index (χ1n) is 23.3. The van der Waals surface area contributed by atoms with E-state index in [4.69, 9.17) is 19.4 Å². The van der Waals surface area contributed by atoms with Gasteiger partial charge in [0.05, 0.1) is 33.1 Å². The summed E-state index contributed by atoms with van der Waals surface area (Å²) >= 11 is 0. The van der Waals surface area contributed by atoms with E-state index in [0.29, 0.717) is 17.5 Å². The molecule has 0 radical (unpaired) electrons. The second-order valence-corrected chi connectivity index (χ2v) is 17.5. The Balaban J connectivity index is 1.02. The topological polar surface area (TPSA) is 61.7 Å². The van der Waals surface area contributed by atoms with Gasteiger partial charge >= 0.3 is 0 Å². The zero-order valence-electron chi connectivity index (χ0n) is 37.2. The monoisotopic (exact) mass is 881 g/mol. The molecule has 0 aliphatic rings. The summed E-state index contributed by atoms with van der Waals surface area (Å²) in [7, 11) is 0. The third-order valence-corrected chi connectivity index (χ3v) is 13.6. The lowest BCUT2D eigenvalue weighted by atomic mass is 10.0. The Kier molecular flexibility index (Phi) is 8.79. The molecule has 6 nitrogen and oxygen atoms in total. The van der Waals surface area contributed by atoms with Gasteiger partial charge in [0.1, 0.15) is 5.58 Å². The summed E-state index contributed by atoms with van der Waals surface area (Å²) in [5.41, 5.74) is 15.2. The zero-order chi connectivity index (χ0) is 45.4. The largest absolute Gasteiger partial charge is 0.454 e. The fourth-order valence-corrected chi connectivity index (χ4v) is 10.4. The van der Waals surface area contributed by atoms with Crippen LogP contribution in [0.2, 0.25) is 0 Å². The van der Waals surface area contributed by atoms with Crippen molar-refractivity contribution in [3.63, 3.8) is 0 Å². The van der Waals surface area contributed by atoms with Crippen LogP contribution in [0.25, 0.3) is 133 Å². The van der Waals surface area contributed by atoms with Gasteiger partial charge in [-0.25, -0.2) is 15.0 Å². The predicted molar refractivity (Wildman–Crippen MR) is 283 cm³/mol. The van der Waals surface area contributed by atoms with Gasteiger partial charge in [-0.2, -0.15) is 0 Å². The fraction of sp³-hybridized carbons (Fsp3) is 0. The molecule has 0 unspecified atom stereocenters. The maximum absolute atomic E-state index is 7.13. The molecule has 6 heteroatoms. The Morgan fingerprint density at radius 3 is 1.38 bits per heavy atom. The first kappa shape index (κ1) is 38.8. The van der Waals surface area contributed by atoms with E-state index in [2.05, 4.69) is 234 Å². The quantitative estimate of drug-likeness (QED) is 0.160. The van der Waals surface area contributed by atoms with Crippen molar-refractivity contribution >= 4 is 65.6 Å². The molecular formula is C63H39N5O. The van der Waals surface area contributed by atoms with E-state index in [1.54, 1.807) is 0 Å². The molecule has 4 aromatic heterocycles. The first-order chi connectivity index (χ1) is 34.2. The normalized spacial score (nSPS) is 11.8. The summed E-state index contributed by atoms with van der Waals surface area (Å²) in [6, 6.07) is 83.1. The van der Waals surface area contributed by atoms with Crippen LogP contribution in [0, 0.1) is 0 Å². The molecule has 14 rings (SSSR count). The summed E-state index contributed by atoms with van der Waals surface area (Å²) in [6.07, 6.45) is 0. The van der Waals surface area contributed by atoms with Gasteiger partial charge in [-0.05, 0) is 70.8 Å². The highest BCUT2D eigenvalue weighted by Gasteiger charge is 2.25. The van der Waals surface area contributed by atoms with Gasteiger partial charge in [0.15, 0.2) is 23.1 Å². The number of hydrogen-bond donors (Lipinski definition) is 0. The molecule has 0 N–H and O–H groups in total. The SMILES string of the molecule is c1ccc(-c2ccc(-c3nc(-c4ccc(-c5ccccc5)cc4)nc(-c4cccc5c6ccc7c(oc8cccc(-n9c%10ccccc%10c%10ccccc%109)c87)c6n(-c6ccccc6)c45)n3)cc2)cc1. The van der Waals surface area contributed by atoms with Crippen LogP contribution in [-0.2, 0) is 0 Å². The smallest absolute Gasteiger partial charge is 0.166 e. The van der Waals surface area contributed by atoms with E-state index in [1.165, 1.54) is 10.8 Å². The Bertz CT molecular complexity index is 4110. The van der Waals surface area contributed by atoms with Crippen LogP contribution < -0.4 is 0 Å². The molecule has 322 valence electrons. The van der Waals surface area contributed by atoms with E-state index in [0.717, 1.165) is 105 Å². The van der Waals surface area contributed by atoms with Gasteiger partial charge in [0.25, 0.3) is 0 Å². The molecule has 0 aliphatic carbocycles. The molecule has 0 aliphatic heterocycles. The maximum Gasteiger partial charge on any atom is 0.166 e. The number of aromatic nitrogens is 5. The van der Waals surface area contributed by atoms with Crippen LogP contribution in [0.4, 0.5) is 0 Å². The molecule has 0 fully saturated rings. The van der Waals surface area contributed by atoms with Gasteiger partial charge in [-0.3, -0.25) is 0 Å². The molecule has 0 atom stereocenters. The van der Waals surface area contributed by atoms with Crippen molar-refractivity contribution in [1.29, 1.82) is 0 Å². The molecule has 0 spiro atoms. The zero-order valence-corrected chi connectivity index (χ0v) is 37.2. The summed E-state index contributed by atoms with van der Waals surface area (Å²) < 4.78 is 11.9. The summed E-state index contributed by atoms with van der Waals surface area (Å²) in [4.78, 5) is 15.9. The summed E-state index contributed by atoms with van der Waals surface area (Å²) in [5, 5.41) is 6.68. The summed E-state index contributed by atoms with van der Waals surface area (Å²) in [5.74, 6) is 1.77. The van der Waals surface area contributed by atoms with Crippen molar-refractivity contribution in [3.8, 4) is 67.8 Å². The van der Waals surface area contributed by atoms with E-state index in [1.807, 2.05) is 12.1 Å². The van der Waals surface area contributed by atoms with E-state index in [9.17, 15) is 0 Å². The lowest BCUT2D eigenvalue weighted by molar-refractivity contribution is 0.671.